The van der Waals surface area contributed by atoms with Crippen molar-refractivity contribution >= 4 is 5.69 Å². The van der Waals surface area contributed by atoms with Crippen molar-refractivity contribution in [2.24, 2.45) is 5.73 Å². The summed E-state index contributed by atoms with van der Waals surface area (Å²) >= 11 is 0. The second-order valence-electron chi connectivity index (χ2n) is 5.15. The number of benzene rings is 2. The molecule has 0 saturated carbocycles. The van der Waals surface area contributed by atoms with Crippen LogP contribution in [0.25, 0.3) is 0 Å². The summed E-state index contributed by atoms with van der Waals surface area (Å²) in [7, 11) is 0. The average Bonchev–Trinajstić information content (AvgIpc) is 2.45. The van der Waals surface area contributed by atoms with Gasteiger partial charge in [-0.3, -0.25) is 10.1 Å². The van der Waals surface area contributed by atoms with Crippen molar-refractivity contribution in [1.29, 1.82) is 0 Å². The lowest BCUT2D eigenvalue weighted by molar-refractivity contribution is -0.384. The van der Waals surface area contributed by atoms with Crippen LogP contribution in [0, 0.1) is 15.9 Å². The lowest BCUT2D eigenvalue weighted by Crippen LogP contribution is -2.18. The summed E-state index contributed by atoms with van der Waals surface area (Å²) in [6, 6.07) is 10.3. The van der Waals surface area contributed by atoms with Gasteiger partial charge in [-0.1, -0.05) is 12.1 Å². The molecule has 6 heteroatoms. The summed E-state index contributed by atoms with van der Waals surface area (Å²) in [5.74, 6) is 0.188. The fraction of sp³-hybridized carbons (Fsp3) is 0.250. The summed E-state index contributed by atoms with van der Waals surface area (Å²) in [5.41, 5.74) is 7.12. The minimum Gasteiger partial charge on any atom is -0.489 e. The van der Waals surface area contributed by atoms with Crippen LogP contribution in [-0.4, -0.2) is 11.0 Å². The van der Waals surface area contributed by atoms with Crippen molar-refractivity contribution in [3.63, 3.8) is 0 Å². The van der Waals surface area contributed by atoms with Crippen molar-refractivity contribution < 1.29 is 14.1 Å². The Kier molecular flexibility index (Phi) is 5.06. The first-order valence-corrected chi connectivity index (χ1v) is 6.86. The zero-order valence-electron chi connectivity index (χ0n) is 12.2. The molecule has 0 aliphatic carbocycles. The lowest BCUT2D eigenvalue weighted by atomic mass is 10.1. The van der Waals surface area contributed by atoms with Crippen molar-refractivity contribution in [2.75, 3.05) is 0 Å². The molecule has 5 nitrogen and oxygen atoms in total. The molecule has 1 unspecified atom stereocenters. The summed E-state index contributed by atoms with van der Waals surface area (Å²) in [4.78, 5) is 10.4. The predicted octanol–water partition coefficient (Wildman–Crippen LogP) is 3.20. The van der Waals surface area contributed by atoms with Crippen LogP contribution < -0.4 is 10.5 Å². The molecule has 0 aliphatic rings. The van der Waals surface area contributed by atoms with Gasteiger partial charge in [0, 0.05) is 23.7 Å². The van der Waals surface area contributed by atoms with Gasteiger partial charge in [0.1, 0.15) is 18.2 Å². The molecular formula is C16H17FN2O3. The molecule has 0 heterocycles. The van der Waals surface area contributed by atoms with Crippen LogP contribution in [0.4, 0.5) is 10.1 Å². The van der Waals surface area contributed by atoms with Gasteiger partial charge in [0.25, 0.3) is 5.69 Å². The van der Waals surface area contributed by atoms with E-state index < -0.39 is 4.92 Å². The maximum Gasteiger partial charge on any atom is 0.269 e. The Morgan fingerprint density at radius 3 is 2.73 bits per heavy atom. The van der Waals surface area contributed by atoms with Crippen LogP contribution in [0.2, 0.25) is 0 Å². The normalized spacial score (nSPS) is 12.0. The highest BCUT2D eigenvalue weighted by Crippen LogP contribution is 2.26. The first-order chi connectivity index (χ1) is 10.5. The van der Waals surface area contributed by atoms with E-state index in [4.69, 9.17) is 10.5 Å². The number of halogens is 1. The van der Waals surface area contributed by atoms with Gasteiger partial charge in [-0.25, -0.2) is 4.39 Å². The van der Waals surface area contributed by atoms with Crippen LogP contribution in [0.1, 0.15) is 18.1 Å². The van der Waals surface area contributed by atoms with Gasteiger partial charge < -0.3 is 10.5 Å². The van der Waals surface area contributed by atoms with E-state index in [0.29, 0.717) is 23.3 Å². The zero-order chi connectivity index (χ0) is 16.1. The van der Waals surface area contributed by atoms with Gasteiger partial charge in [0.2, 0.25) is 0 Å². The quantitative estimate of drug-likeness (QED) is 0.656. The zero-order valence-corrected chi connectivity index (χ0v) is 12.2. The molecule has 0 aliphatic heterocycles. The van der Waals surface area contributed by atoms with Crippen LogP contribution >= 0.6 is 0 Å². The maximum atomic E-state index is 13.1. The molecule has 2 N–H and O–H groups in total. The molecule has 0 spiro atoms. The number of ether oxygens (including phenoxy) is 1. The van der Waals surface area contributed by atoms with Crippen molar-refractivity contribution in [1.82, 2.24) is 0 Å². The topological polar surface area (TPSA) is 78.4 Å². The molecule has 0 aromatic heterocycles. The standard InChI is InChI=1S/C16H17FN2O3/c1-11(18)7-13-9-15(19(20)21)5-6-16(13)22-10-12-3-2-4-14(17)8-12/h2-6,8-9,11H,7,10,18H2,1H3. The third-order valence-electron chi connectivity index (χ3n) is 3.08. The maximum absolute atomic E-state index is 13.1. The van der Waals surface area contributed by atoms with Crippen LogP contribution in [0.15, 0.2) is 42.5 Å². The smallest absolute Gasteiger partial charge is 0.269 e. The third kappa shape index (κ3) is 4.26. The molecule has 0 saturated heterocycles. The SMILES string of the molecule is CC(N)Cc1cc([N+](=O)[O-])ccc1OCc1cccc(F)c1. The Hall–Kier alpha value is -2.47. The van der Waals surface area contributed by atoms with E-state index in [1.54, 1.807) is 18.2 Å². The van der Waals surface area contributed by atoms with Gasteiger partial charge in [-0.2, -0.15) is 0 Å². The Morgan fingerprint density at radius 2 is 2.09 bits per heavy atom. The fourth-order valence-corrected chi connectivity index (χ4v) is 2.11. The van der Waals surface area contributed by atoms with Gasteiger partial charge in [-0.15, -0.1) is 0 Å². The minimum absolute atomic E-state index is 0.00578. The molecule has 2 aromatic carbocycles. The summed E-state index contributed by atoms with van der Waals surface area (Å²) in [5, 5.41) is 10.9. The molecule has 1 atom stereocenters. The van der Waals surface area contributed by atoms with Gasteiger partial charge in [0.05, 0.1) is 4.92 Å². The minimum atomic E-state index is -0.457. The monoisotopic (exact) mass is 304 g/mol. The number of nitrogens with two attached hydrogens (primary N) is 1. The molecule has 2 rings (SSSR count). The number of non-ortho nitro benzene ring substituents is 1. The number of hydrogen-bond donors (Lipinski definition) is 1. The van der Waals surface area contributed by atoms with Crippen LogP contribution in [0.3, 0.4) is 0 Å². The number of rotatable bonds is 6. The van der Waals surface area contributed by atoms with E-state index in [1.165, 1.54) is 24.3 Å². The Labute approximate surface area is 127 Å². The van der Waals surface area contributed by atoms with Gasteiger partial charge >= 0.3 is 0 Å². The van der Waals surface area contributed by atoms with E-state index in [-0.39, 0.29) is 24.2 Å². The Morgan fingerprint density at radius 1 is 1.32 bits per heavy atom. The highest BCUT2D eigenvalue weighted by molar-refractivity contribution is 5.44. The number of hydrogen-bond acceptors (Lipinski definition) is 4. The number of nitro groups is 1. The van der Waals surface area contributed by atoms with E-state index in [0.717, 1.165) is 0 Å². The van der Waals surface area contributed by atoms with E-state index in [2.05, 4.69) is 0 Å². The van der Waals surface area contributed by atoms with Crippen molar-refractivity contribution in [2.45, 2.75) is 26.0 Å². The predicted molar refractivity (Wildman–Crippen MR) is 81.2 cm³/mol. The van der Waals surface area contributed by atoms with Crippen LogP contribution in [-0.2, 0) is 13.0 Å². The number of nitrogens with zero attached hydrogens (tertiary/aromatic N) is 1. The molecule has 2 aromatic rings. The van der Waals surface area contributed by atoms with E-state index in [9.17, 15) is 14.5 Å². The van der Waals surface area contributed by atoms with Gasteiger partial charge in [0.15, 0.2) is 0 Å². The van der Waals surface area contributed by atoms with Crippen molar-refractivity contribution in [3.05, 3.63) is 69.5 Å². The first kappa shape index (κ1) is 15.9. The summed E-state index contributed by atoms with van der Waals surface area (Å²) in [6.45, 7) is 2.00. The first-order valence-electron chi connectivity index (χ1n) is 6.86. The summed E-state index contributed by atoms with van der Waals surface area (Å²) in [6.07, 6.45) is 0.458. The average molecular weight is 304 g/mol. The summed E-state index contributed by atoms with van der Waals surface area (Å²) < 4.78 is 18.8. The van der Waals surface area contributed by atoms with E-state index >= 15 is 0 Å². The highest BCUT2D eigenvalue weighted by atomic mass is 19.1. The highest BCUT2D eigenvalue weighted by Gasteiger charge is 2.13. The fourth-order valence-electron chi connectivity index (χ4n) is 2.11. The molecule has 116 valence electrons. The molecule has 0 radical (unpaired) electrons. The third-order valence-corrected chi connectivity index (χ3v) is 3.08. The van der Waals surface area contributed by atoms with Gasteiger partial charge in [-0.05, 0) is 37.1 Å². The second kappa shape index (κ2) is 7.00. The largest absolute Gasteiger partial charge is 0.489 e. The van der Waals surface area contributed by atoms with Crippen molar-refractivity contribution in [3.8, 4) is 5.75 Å². The molecule has 22 heavy (non-hydrogen) atoms. The lowest BCUT2D eigenvalue weighted by Gasteiger charge is -2.13. The second-order valence-corrected chi connectivity index (χ2v) is 5.15. The molecule has 0 bridgehead atoms. The molecule has 0 fully saturated rings. The Balaban J connectivity index is 2.20. The Bertz CT molecular complexity index is 674. The molecule has 0 amide bonds. The number of nitro benzene ring substituents is 1. The van der Waals surface area contributed by atoms with Crippen LogP contribution in [0.5, 0.6) is 5.75 Å². The van der Waals surface area contributed by atoms with E-state index in [1.807, 2.05) is 6.92 Å². The molecular weight excluding hydrogens is 287 g/mol.